The Kier molecular flexibility index (Phi) is 4.82. The summed E-state index contributed by atoms with van der Waals surface area (Å²) in [5.41, 5.74) is 2.22. The van der Waals surface area contributed by atoms with Crippen molar-refractivity contribution in [2.45, 2.75) is 44.8 Å². The number of ether oxygens (including phenoxy) is 1. The number of rotatable bonds is 6. The quantitative estimate of drug-likeness (QED) is 0.736. The highest BCUT2D eigenvalue weighted by atomic mass is 16.5. The summed E-state index contributed by atoms with van der Waals surface area (Å²) in [6, 6.07) is 11.3. The third-order valence-electron chi connectivity index (χ3n) is 4.69. The molecule has 26 heavy (non-hydrogen) atoms. The Labute approximate surface area is 151 Å². The summed E-state index contributed by atoms with van der Waals surface area (Å²) in [6.07, 6.45) is 6.68. The van der Waals surface area contributed by atoms with Gasteiger partial charge in [0.2, 0.25) is 11.8 Å². The molecule has 4 rings (SSSR count). The second-order valence-corrected chi connectivity index (χ2v) is 6.57. The van der Waals surface area contributed by atoms with Crippen LogP contribution < -0.4 is 10.1 Å². The summed E-state index contributed by atoms with van der Waals surface area (Å²) in [4.78, 5) is 16.7. The van der Waals surface area contributed by atoms with Crippen LogP contribution in [-0.2, 0) is 17.8 Å². The number of hydrogen-bond acceptors (Lipinski definition) is 5. The fourth-order valence-corrected chi connectivity index (χ4v) is 3.30. The normalized spacial score (nSPS) is 14.6. The van der Waals surface area contributed by atoms with Gasteiger partial charge in [-0.15, -0.1) is 0 Å². The molecule has 2 heterocycles. The SMILES string of the molecule is O=C(Cc1noc2ccccc12)NCc1cccnc1OC1CCCC1. The van der Waals surface area contributed by atoms with Gasteiger partial charge in [0.05, 0.1) is 6.42 Å². The molecule has 0 unspecified atom stereocenters. The van der Waals surface area contributed by atoms with Gasteiger partial charge in [-0.1, -0.05) is 23.4 Å². The monoisotopic (exact) mass is 351 g/mol. The van der Waals surface area contributed by atoms with Crippen molar-refractivity contribution in [1.29, 1.82) is 0 Å². The molecule has 0 saturated heterocycles. The van der Waals surface area contributed by atoms with Crippen molar-refractivity contribution < 1.29 is 14.1 Å². The molecule has 0 aliphatic heterocycles. The second kappa shape index (κ2) is 7.56. The lowest BCUT2D eigenvalue weighted by molar-refractivity contribution is -0.120. The minimum Gasteiger partial charge on any atom is -0.474 e. The molecule has 3 aromatic rings. The van der Waals surface area contributed by atoms with Crippen LogP contribution in [0.3, 0.4) is 0 Å². The van der Waals surface area contributed by atoms with Crippen molar-refractivity contribution in [1.82, 2.24) is 15.5 Å². The maximum atomic E-state index is 12.3. The van der Waals surface area contributed by atoms with Crippen molar-refractivity contribution in [3.8, 4) is 5.88 Å². The third-order valence-corrected chi connectivity index (χ3v) is 4.69. The van der Waals surface area contributed by atoms with Gasteiger partial charge in [-0.25, -0.2) is 4.98 Å². The van der Waals surface area contributed by atoms with E-state index in [0.29, 0.717) is 23.7 Å². The van der Waals surface area contributed by atoms with Crippen molar-refractivity contribution in [3.05, 3.63) is 53.9 Å². The Morgan fingerprint density at radius 1 is 1.19 bits per heavy atom. The smallest absolute Gasteiger partial charge is 0.226 e. The Hall–Kier alpha value is -2.89. The number of carbonyl (C=O) groups excluding carboxylic acids is 1. The summed E-state index contributed by atoms with van der Waals surface area (Å²) < 4.78 is 11.3. The average molecular weight is 351 g/mol. The van der Waals surface area contributed by atoms with E-state index < -0.39 is 0 Å². The molecule has 1 aliphatic rings. The number of nitrogens with one attached hydrogen (secondary N) is 1. The molecular weight excluding hydrogens is 330 g/mol. The van der Waals surface area contributed by atoms with Crippen LogP contribution in [-0.4, -0.2) is 22.2 Å². The van der Waals surface area contributed by atoms with Crippen LogP contribution in [0.1, 0.15) is 36.9 Å². The molecular formula is C20H21N3O3. The zero-order valence-electron chi connectivity index (χ0n) is 14.5. The number of amides is 1. The molecule has 1 fully saturated rings. The van der Waals surface area contributed by atoms with Crippen LogP contribution in [0.25, 0.3) is 11.0 Å². The molecule has 1 aromatic carbocycles. The highest BCUT2D eigenvalue weighted by Gasteiger charge is 2.19. The highest BCUT2D eigenvalue weighted by Crippen LogP contribution is 2.25. The highest BCUT2D eigenvalue weighted by molar-refractivity contribution is 5.86. The molecule has 0 radical (unpaired) electrons. The number of pyridine rings is 1. The van der Waals surface area contributed by atoms with Gasteiger partial charge < -0.3 is 14.6 Å². The van der Waals surface area contributed by atoms with Gasteiger partial charge >= 0.3 is 0 Å². The molecule has 1 aliphatic carbocycles. The average Bonchev–Trinajstić information content (AvgIpc) is 3.31. The van der Waals surface area contributed by atoms with Crippen molar-refractivity contribution in [3.63, 3.8) is 0 Å². The summed E-state index contributed by atoms with van der Waals surface area (Å²) in [6.45, 7) is 0.379. The van der Waals surface area contributed by atoms with Crippen LogP contribution in [0.2, 0.25) is 0 Å². The number of aromatic nitrogens is 2. The van der Waals surface area contributed by atoms with Crippen LogP contribution >= 0.6 is 0 Å². The first-order valence-corrected chi connectivity index (χ1v) is 9.00. The van der Waals surface area contributed by atoms with Gasteiger partial charge in [0.1, 0.15) is 11.8 Å². The molecule has 2 aromatic heterocycles. The predicted molar refractivity (Wildman–Crippen MR) is 96.7 cm³/mol. The van der Waals surface area contributed by atoms with E-state index in [4.69, 9.17) is 9.26 Å². The Balaban J connectivity index is 1.38. The molecule has 1 amide bonds. The number of hydrogen-bond donors (Lipinski definition) is 1. The number of para-hydroxylation sites is 1. The molecule has 0 spiro atoms. The standard InChI is InChI=1S/C20H21N3O3/c24-19(12-17-16-9-3-4-10-18(16)26-23-17)22-13-14-6-5-11-21-20(14)25-15-7-1-2-8-15/h3-6,9-11,15H,1-2,7-8,12-13H2,(H,22,24). The van der Waals surface area contributed by atoms with Crippen LogP contribution in [0.4, 0.5) is 0 Å². The zero-order valence-corrected chi connectivity index (χ0v) is 14.5. The lowest BCUT2D eigenvalue weighted by atomic mass is 10.1. The fraction of sp³-hybridized carbons (Fsp3) is 0.350. The van der Waals surface area contributed by atoms with E-state index in [0.717, 1.165) is 23.8 Å². The Morgan fingerprint density at radius 3 is 2.92 bits per heavy atom. The van der Waals surface area contributed by atoms with Crippen LogP contribution in [0, 0.1) is 0 Å². The minimum atomic E-state index is -0.111. The van der Waals surface area contributed by atoms with Crippen LogP contribution in [0.5, 0.6) is 5.88 Å². The van der Waals surface area contributed by atoms with Crippen LogP contribution in [0.15, 0.2) is 47.1 Å². The fourth-order valence-electron chi connectivity index (χ4n) is 3.30. The maximum Gasteiger partial charge on any atom is 0.226 e. The first-order chi connectivity index (χ1) is 12.8. The van der Waals surface area contributed by atoms with Gasteiger partial charge in [0.25, 0.3) is 0 Å². The summed E-state index contributed by atoms with van der Waals surface area (Å²) in [5.74, 6) is 0.506. The lowest BCUT2D eigenvalue weighted by Crippen LogP contribution is -2.25. The van der Waals surface area contributed by atoms with E-state index in [9.17, 15) is 4.79 Å². The van der Waals surface area contributed by atoms with Gasteiger partial charge in [0.15, 0.2) is 5.58 Å². The van der Waals surface area contributed by atoms with Crippen molar-refractivity contribution in [2.75, 3.05) is 0 Å². The third kappa shape index (κ3) is 3.69. The van der Waals surface area contributed by atoms with E-state index in [1.165, 1.54) is 12.8 Å². The summed E-state index contributed by atoms with van der Waals surface area (Å²) in [5, 5.41) is 7.80. The van der Waals surface area contributed by atoms with Gasteiger partial charge in [-0.05, 0) is 43.9 Å². The Morgan fingerprint density at radius 2 is 2.04 bits per heavy atom. The summed E-state index contributed by atoms with van der Waals surface area (Å²) in [7, 11) is 0. The molecule has 6 nitrogen and oxygen atoms in total. The molecule has 0 atom stereocenters. The van der Waals surface area contributed by atoms with Gasteiger partial charge in [-0.3, -0.25) is 4.79 Å². The van der Waals surface area contributed by atoms with E-state index >= 15 is 0 Å². The predicted octanol–water partition coefficient (Wildman–Crippen LogP) is 3.40. The summed E-state index contributed by atoms with van der Waals surface area (Å²) >= 11 is 0. The molecule has 0 bridgehead atoms. The minimum absolute atomic E-state index is 0.111. The Bertz CT molecular complexity index is 900. The number of nitrogens with zero attached hydrogens (tertiary/aromatic N) is 2. The molecule has 134 valence electrons. The second-order valence-electron chi connectivity index (χ2n) is 6.57. The van der Waals surface area contributed by atoms with E-state index in [2.05, 4.69) is 15.5 Å². The largest absolute Gasteiger partial charge is 0.474 e. The van der Waals surface area contributed by atoms with E-state index in [-0.39, 0.29) is 18.4 Å². The number of fused-ring (bicyclic) bond motifs is 1. The van der Waals surface area contributed by atoms with Crippen molar-refractivity contribution >= 4 is 16.9 Å². The van der Waals surface area contributed by atoms with Gasteiger partial charge in [0, 0.05) is 23.7 Å². The zero-order chi connectivity index (χ0) is 17.8. The molecule has 1 saturated carbocycles. The van der Waals surface area contributed by atoms with Crippen molar-refractivity contribution in [2.24, 2.45) is 0 Å². The lowest BCUT2D eigenvalue weighted by Gasteiger charge is -2.15. The van der Waals surface area contributed by atoms with E-state index in [1.807, 2.05) is 36.4 Å². The maximum absolute atomic E-state index is 12.3. The number of carbonyl (C=O) groups is 1. The topological polar surface area (TPSA) is 77.3 Å². The van der Waals surface area contributed by atoms with Gasteiger partial charge in [-0.2, -0.15) is 0 Å². The number of benzene rings is 1. The first kappa shape index (κ1) is 16.6. The molecule has 6 heteroatoms. The first-order valence-electron chi connectivity index (χ1n) is 9.00. The molecule has 1 N–H and O–H groups in total. The van der Waals surface area contributed by atoms with E-state index in [1.54, 1.807) is 6.20 Å².